The molecule has 6 heteroatoms. The lowest BCUT2D eigenvalue weighted by Gasteiger charge is -2.70. The van der Waals surface area contributed by atoms with Crippen LogP contribution in [0.4, 0.5) is 0 Å². The van der Waals surface area contributed by atoms with Gasteiger partial charge in [-0.15, -0.1) is 0 Å². The zero-order chi connectivity index (χ0) is 20.6. The molecule has 2 fully saturated rings. The Bertz CT molecular complexity index is 891. The summed E-state index contributed by atoms with van der Waals surface area (Å²) in [6, 6.07) is 18.1. The maximum atomic E-state index is 12.7. The summed E-state index contributed by atoms with van der Waals surface area (Å²) in [4.78, 5) is 28.0. The van der Waals surface area contributed by atoms with E-state index < -0.39 is 5.54 Å². The number of hydrogen-bond donors (Lipinski definition) is 1. The number of carbonyl (C=O) groups is 2. The second kappa shape index (κ2) is 7.61. The second-order valence-electron chi connectivity index (χ2n) is 7.89. The molecule has 2 heterocycles. The van der Waals surface area contributed by atoms with Gasteiger partial charge in [0.05, 0.1) is 18.2 Å². The van der Waals surface area contributed by atoms with Gasteiger partial charge in [0.25, 0.3) is 0 Å². The molecule has 2 amide bonds. The van der Waals surface area contributed by atoms with Crippen molar-refractivity contribution in [3.63, 3.8) is 0 Å². The van der Waals surface area contributed by atoms with Gasteiger partial charge in [-0.1, -0.05) is 54.6 Å². The van der Waals surface area contributed by atoms with E-state index in [0.717, 1.165) is 16.7 Å². The van der Waals surface area contributed by atoms with Gasteiger partial charge >= 0.3 is 0 Å². The highest BCUT2D eigenvalue weighted by Gasteiger charge is 2.67. The summed E-state index contributed by atoms with van der Waals surface area (Å²) in [6.45, 7) is 2.36. The van der Waals surface area contributed by atoms with Gasteiger partial charge in [-0.2, -0.15) is 0 Å². The monoisotopic (exact) mass is 394 g/mol. The zero-order valence-corrected chi connectivity index (χ0v) is 16.7. The van der Waals surface area contributed by atoms with Crippen LogP contribution in [0.15, 0.2) is 54.6 Å². The van der Waals surface area contributed by atoms with Crippen molar-refractivity contribution in [3.05, 3.63) is 60.2 Å². The minimum Gasteiger partial charge on any atom is -0.394 e. The van der Waals surface area contributed by atoms with Crippen LogP contribution >= 0.6 is 0 Å². The number of likely N-dealkylation sites (tertiary alicyclic amines) is 2. The van der Waals surface area contributed by atoms with Crippen LogP contribution in [-0.4, -0.2) is 71.7 Å². The van der Waals surface area contributed by atoms with E-state index in [9.17, 15) is 14.7 Å². The maximum absolute atomic E-state index is 12.7. The van der Waals surface area contributed by atoms with Crippen molar-refractivity contribution < 1.29 is 19.4 Å². The maximum Gasteiger partial charge on any atom is 0.249 e. The molecule has 6 nitrogen and oxygen atoms in total. The number of ether oxygens (including phenoxy) is 1. The molecule has 1 spiro atoms. The van der Waals surface area contributed by atoms with Gasteiger partial charge in [-0.3, -0.25) is 9.59 Å². The molecule has 0 aliphatic carbocycles. The number of nitrogens with zero attached hydrogens (tertiary/aromatic N) is 2. The van der Waals surface area contributed by atoms with Crippen molar-refractivity contribution >= 4 is 11.8 Å². The van der Waals surface area contributed by atoms with Crippen LogP contribution in [0.1, 0.15) is 18.4 Å². The van der Waals surface area contributed by atoms with E-state index in [2.05, 4.69) is 36.4 Å². The van der Waals surface area contributed by atoms with E-state index in [4.69, 9.17) is 4.74 Å². The Morgan fingerprint density at radius 3 is 2.24 bits per heavy atom. The lowest BCUT2D eigenvalue weighted by Crippen LogP contribution is -2.86. The minimum absolute atomic E-state index is 0.000361. The van der Waals surface area contributed by atoms with Crippen molar-refractivity contribution in [2.75, 3.05) is 33.4 Å². The predicted octanol–water partition coefficient (Wildman–Crippen LogP) is 1.89. The number of aliphatic hydroxyl groups is 1. The van der Waals surface area contributed by atoms with Crippen molar-refractivity contribution in [3.8, 4) is 11.1 Å². The van der Waals surface area contributed by atoms with Gasteiger partial charge in [0.2, 0.25) is 11.8 Å². The molecule has 0 aromatic heterocycles. The summed E-state index contributed by atoms with van der Waals surface area (Å²) in [5.41, 5.74) is 2.87. The molecular weight excluding hydrogens is 368 g/mol. The van der Waals surface area contributed by atoms with Crippen molar-refractivity contribution in [2.45, 2.75) is 24.4 Å². The van der Waals surface area contributed by atoms with Crippen LogP contribution in [0.3, 0.4) is 0 Å². The Morgan fingerprint density at radius 2 is 1.69 bits per heavy atom. The van der Waals surface area contributed by atoms with Gasteiger partial charge in [-0.25, -0.2) is 0 Å². The first-order chi connectivity index (χ1) is 14.0. The fourth-order valence-corrected chi connectivity index (χ4v) is 4.95. The number of rotatable bonds is 5. The first-order valence-electron chi connectivity index (χ1n) is 9.84. The molecule has 2 aromatic carbocycles. The SMILES string of the molecule is COCC(=O)N1[C@H](CO)[C@@H](c2ccc(-c3ccccc3)cc2)C12CN(C(C)=O)C2. The van der Waals surface area contributed by atoms with E-state index in [-0.39, 0.29) is 37.0 Å². The Kier molecular flexibility index (Phi) is 5.15. The predicted molar refractivity (Wildman–Crippen MR) is 109 cm³/mol. The van der Waals surface area contributed by atoms with Crippen LogP contribution in [0.25, 0.3) is 11.1 Å². The lowest BCUT2D eigenvalue weighted by molar-refractivity contribution is -0.204. The molecule has 29 heavy (non-hydrogen) atoms. The topological polar surface area (TPSA) is 70.1 Å². The van der Waals surface area contributed by atoms with Gasteiger partial charge in [-0.05, 0) is 16.7 Å². The van der Waals surface area contributed by atoms with Gasteiger partial charge in [0.15, 0.2) is 0 Å². The van der Waals surface area contributed by atoms with Gasteiger partial charge < -0.3 is 19.6 Å². The third-order valence-corrected chi connectivity index (χ3v) is 6.25. The summed E-state index contributed by atoms with van der Waals surface area (Å²) in [6.07, 6.45) is 0. The first-order valence-corrected chi connectivity index (χ1v) is 9.84. The van der Waals surface area contributed by atoms with Crippen LogP contribution in [0.2, 0.25) is 0 Å². The smallest absolute Gasteiger partial charge is 0.249 e. The van der Waals surface area contributed by atoms with Crippen LogP contribution in [0, 0.1) is 0 Å². The summed E-state index contributed by atoms with van der Waals surface area (Å²) >= 11 is 0. The van der Waals surface area contributed by atoms with Crippen molar-refractivity contribution in [1.29, 1.82) is 0 Å². The first kappa shape index (κ1) is 19.6. The number of methoxy groups -OCH3 is 1. The van der Waals surface area contributed by atoms with Crippen molar-refractivity contribution in [2.24, 2.45) is 0 Å². The number of benzene rings is 2. The molecule has 2 aromatic rings. The Hall–Kier alpha value is -2.70. The molecule has 0 bridgehead atoms. The molecule has 2 atom stereocenters. The minimum atomic E-state index is -0.469. The quantitative estimate of drug-likeness (QED) is 0.841. The Balaban J connectivity index is 1.64. The van der Waals surface area contributed by atoms with Gasteiger partial charge in [0, 0.05) is 33.0 Å². The van der Waals surface area contributed by atoms with E-state index in [1.54, 1.807) is 16.7 Å². The highest BCUT2D eigenvalue weighted by molar-refractivity contribution is 5.83. The largest absolute Gasteiger partial charge is 0.394 e. The van der Waals surface area contributed by atoms with E-state index in [0.29, 0.717) is 13.1 Å². The van der Waals surface area contributed by atoms with Crippen molar-refractivity contribution in [1.82, 2.24) is 9.80 Å². The Morgan fingerprint density at radius 1 is 1.07 bits per heavy atom. The molecule has 0 saturated carbocycles. The number of amides is 2. The number of carbonyl (C=O) groups excluding carboxylic acids is 2. The molecule has 0 unspecified atom stereocenters. The lowest BCUT2D eigenvalue weighted by atomic mass is 9.60. The van der Waals surface area contributed by atoms with E-state index in [1.807, 2.05) is 18.2 Å². The van der Waals surface area contributed by atoms with Crippen LogP contribution < -0.4 is 0 Å². The van der Waals surface area contributed by atoms with Crippen LogP contribution in [0.5, 0.6) is 0 Å². The normalized spacial score (nSPS) is 22.2. The standard InChI is InChI=1S/C23H26N2O4/c1-16(27)24-14-23(15-24)22(20(12-26)25(23)21(28)13-29-2)19-10-8-18(9-11-19)17-6-4-3-5-7-17/h3-11,20,22,26H,12-15H2,1-2H3/t20-,22-/m1/s1. The molecule has 2 saturated heterocycles. The molecule has 4 rings (SSSR count). The average Bonchev–Trinajstić information content (AvgIpc) is 2.67. The van der Waals surface area contributed by atoms with E-state index >= 15 is 0 Å². The fourth-order valence-electron chi connectivity index (χ4n) is 4.95. The summed E-state index contributed by atoms with van der Waals surface area (Å²) < 4.78 is 5.04. The number of hydrogen-bond acceptors (Lipinski definition) is 4. The Labute approximate surface area is 170 Å². The van der Waals surface area contributed by atoms with Crippen LogP contribution in [-0.2, 0) is 14.3 Å². The highest BCUT2D eigenvalue weighted by Crippen LogP contribution is 2.54. The molecule has 1 N–H and O–H groups in total. The molecule has 2 aliphatic rings. The molecule has 0 radical (unpaired) electrons. The highest BCUT2D eigenvalue weighted by atomic mass is 16.5. The zero-order valence-electron chi connectivity index (χ0n) is 16.7. The molecule has 152 valence electrons. The average molecular weight is 394 g/mol. The van der Waals surface area contributed by atoms with E-state index in [1.165, 1.54) is 7.11 Å². The number of aliphatic hydroxyl groups excluding tert-OH is 1. The second-order valence-corrected chi connectivity index (χ2v) is 7.89. The summed E-state index contributed by atoms with van der Waals surface area (Å²) in [7, 11) is 1.49. The fraction of sp³-hybridized carbons (Fsp3) is 0.391. The third kappa shape index (κ3) is 3.12. The summed E-state index contributed by atoms with van der Waals surface area (Å²) in [5.74, 6) is -0.166. The third-order valence-electron chi connectivity index (χ3n) is 6.25. The molecule has 2 aliphatic heterocycles. The summed E-state index contributed by atoms with van der Waals surface area (Å²) in [5, 5.41) is 10.0. The van der Waals surface area contributed by atoms with Gasteiger partial charge in [0.1, 0.15) is 6.61 Å². The molecular formula is C23H26N2O4.